The molecular formula is C22H28N2O3. The Morgan fingerprint density at radius 1 is 1.19 bits per heavy atom. The van der Waals surface area contributed by atoms with E-state index >= 15 is 0 Å². The molecule has 0 bridgehead atoms. The third-order valence-corrected chi connectivity index (χ3v) is 5.79. The van der Waals surface area contributed by atoms with Gasteiger partial charge in [-0.25, -0.2) is 0 Å². The Labute approximate surface area is 160 Å². The van der Waals surface area contributed by atoms with Gasteiger partial charge in [-0.2, -0.15) is 0 Å². The highest BCUT2D eigenvalue weighted by atomic mass is 16.2. The molecule has 1 heterocycles. The van der Waals surface area contributed by atoms with Crippen molar-refractivity contribution >= 4 is 23.3 Å². The van der Waals surface area contributed by atoms with Gasteiger partial charge in [-0.05, 0) is 49.8 Å². The van der Waals surface area contributed by atoms with E-state index < -0.39 is 29.1 Å². The van der Waals surface area contributed by atoms with E-state index in [1.54, 1.807) is 13.0 Å². The molecular weight excluding hydrogens is 340 g/mol. The third-order valence-electron chi connectivity index (χ3n) is 5.79. The number of ketones is 1. The second kappa shape index (κ2) is 8.07. The molecule has 1 aromatic rings. The number of Topliss-reactive ketones (excluding diaryl/α,β-unsaturated/α-hetero) is 1. The summed E-state index contributed by atoms with van der Waals surface area (Å²) in [5, 5.41) is 5.36. The first-order chi connectivity index (χ1) is 12.9. The quantitative estimate of drug-likeness (QED) is 0.473. The van der Waals surface area contributed by atoms with E-state index in [0.29, 0.717) is 18.0 Å². The van der Waals surface area contributed by atoms with Crippen LogP contribution in [0.15, 0.2) is 36.9 Å². The van der Waals surface area contributed by atoms with Gasteiger partial charge in [0.15, 0.2) is 11.7 Å². The Morgan fingerprint density at radius 3 is 2.41 bits per heavy atom. The fraction of sp³-hybridized carbons (Fsp3) is 0.500. The first-order valence-corrected chi connectivity index (χ1v) is 9.82. The number of benzene rings is 1. The topological polar surface area (TPSA) is 75.3 Å². The molecule has 2 N–H and O–H groups in total. The summed E-state index contributed by atoms with van der Waals surface area (Å²) in [6, 6.07) is 7.81. The molecule has 0 radical (unpaired) electrons. The molecule has 27 heavy (non-hydrogen) atoms. The molecule has 1 aliphatic heterocycles. The summed E-state index contributed by atoms with van der Waals surface area (Å²) >= 11 is 0. The minimum absolute atomic E-state index is 0.303. The van der Waals surface area contributed by atoms with Crippen molar-refractivity contribution in [1.29, 1.82) is 0 Å². The van der Waals surface area contributed by atoms with Gasteiger partial charge in [0, 0.05) is 5.69 Å². The second-order valence-corrected chi connectivity index (χ2v) is 7.91. The van der Waals surface area contributed by atoms with Crippen molar-refractivity contribution in [1.82, 2.24) is 5.32 Å². The van der Waals surface area contributed by atoms with Gasteiger partial charge in [0.1, 0.15) is 5.54 Å². The van der Waals surface area contributed by atoms with Gasteiger partial charge in [0.25, 0.3) is 0 Å². The fourth-order valence-electron chi connectivity index (χ4n) is 4.19. The summed E-state index contributed by atoms with van der Waals surface area (Å²) in [7, 11) is 0. The Balaban J connectivity index is 1.66. The Bertz CT molecular complexity index is 732. The van der Waals surface area contributed by atoms with E-state index in [1.165, 1.54) is 44.1 Å². The smallest absolute Gasteiger partial charge is 0.244 e. The van der Waals surface area contributed by atoms with Gasteiger partial charge in [0.05, 0.1) is 0 Å². The fourth-order valence-corrected chi connectivity index (χ4v) is 4.19. The summed E-state index contributed by atoms with van der Waals surface area (Å²) in [6.45, 7) is 5.24. The van der Waals surface area contributed by atoms with Crippen molar-refractivity contribution in [2.24, 2.45) is 5.92 Å². The van der Waals surface area contributed by atoms with Crippen molar-refractivity contribution in [3.63, 3.8) is 0 Å². The molecule has 2 atom stereocenters. The number of anilines is 1. The predicted octanol–water partition coefficient (Wildman–Crippen LogP) is 3.71. The van der Waals surface area contributed by atoms with Gasteiger partial charge in [-0.15, -0.1) is 6.58 Å². The van der Waals surface area contributed by atoms with Crippen molar-refractivity contribution < 1.29 is 14.4 Å². The minimum Gasteiger partial charge on any atom is -0.342 e. The van der Waals surface area contributed by atoms with E-state index in [4.69, 9.17) is 0 Å². The van der Waals surface area contributed by atoms with Gasteiger partial charge in [-0.3, -0.25) is 14.4 Å². The third kappa shape index (κ3) is 4.12. The van der Waals surface area contributed by atoms with Gasteiger partial charge >= 0.3 is 0 Å². The molecule has 2 fully saturated rings. The number of hydrogen-bond donors (Lipinski definition) is 2. The summed E-state index contributed by atoms with van der Waals surface area (Å²) in [5.41, 5.74) is 0.850. The molecule has 0 spiro atoms. The Morgan fingerprint density at radius 2 is 1.81 bits per heavy atom. The standard InChI is InChI=1S/C22H28N2O3/c1-3-14-22(2)19(25)18(21(27)24-22)20(26)23-17-12-10-16(11-13-17)15-8-6-4-5-7-9-15/h3,10-13,15,18H,1,4-9,14H2,2H3,(H,23,26)(H,24,27). The zero-order chi connectivity index (χ0) is 19.4. The second-order valence-electron chi connectivity index (χ2n) is 7.91. The maximum absolute atomic E-state index is 12.6. The molecule has 1 aliphatic carbocycles. The van der Waals surface area contributed by atoms with E-state index in [0.717, 1.165) is 0 Å². The Kier molecular flexibility index (Phi) is 5.78. The lowest BCUT2D eigenvalue weighted by atomic mass is 9.89. The van der Waals surface area contributed by atoms with Crippen LogP contribution in [0.3, 0.4) is 0 Å². The maximum atomic E-state index is 12.6. The molecule has 2 amide bonds. The first-order valence-electron chi connectivity index (χ1n) is 9.82. The molecule has 1 saturated carbocycles. The molecule has 1 aromatic carbocycles. The zero-order valence-electron chi connectivity index (χ0n) is 15.9. The van der Waals surface area contributed by atoms with Crippen molar-refractivity contribution in [2.45, 2.75) is 63.3 Å². The Hall–Kier alpha value is -2.43. The van der Waals surface area contributed by atoms with Crippen molar-refractivity contribution in [3.8, 4) is 0 Å². The van der Waals surface area contributed by atoms with Crippen LogP contribution in [0.25, 0.3) is 0 Å². The largest absolute Gasteiger partial charge is 0.342 e. The highest BCUT2D eigenvalue weighted by Crippen LogP contribution is 2.32. The van der Waals surface area contributed by atoms with E-state index in [2.05, 4.69) is 17.2 Å². The monoisotopic (exact) mass is 368 g/mol. The van der Waals surface area contributed by atoms with E-state index in [9.17, 15) is 14.4 Å². The SMILES string of the molecule is C=CCC1(C)NC(=O)C(C(=O)Nc2ccc(C3CCCCCC3)cc2)C1=O. The first kappa shape index (κ1) is 19.3. The number of carbonyl (C=O) groups excluding carboxylic acids is 3. The zero-order valence-corrected chi connectivity index (χ0v) is 15.9. The number of carbonyl (C=O) groups is 3. The van der Waals surface area contributed by atoms with Gasteiger partial charge in [-0.1, -0.05) is 43.9 Å². The van der Waals surface area contributed by atoms with E-state index in [-0.39, 0.29) is 0 Å². The lowest BCUT2D eigenvalue weighted by Crippen LogP contribution is -2.43. The van der Waals surface area contributed by atoms with Gasteiger partial charge < -0.3 is 10.6 Å². The number of amides is 2. The van der Waals surface area contributed by atoms with Crippen LogP contribution < -0.4 is 10.6 Å². The summed E-state index contributed by atoms with van der Waals surface area (Å²) in [5.74, 6) is -2.25. The van der Waals surface area contributed by atoms with Crippen LogP contribution in [0.4, 0.5) is 5.69 Å². The molecule has 3 rings (SSSR count). The summed E-state index contributed by atoms with van der Waals surface area (Å²) in [6.07, 6.45) is 9.47. The molecule has 2 unspecified atom stereocenters. The number of nitrogens with one attached hydrogen (secondary N) is 2. The van der Waals surface area contributed by atoms with E-state index in [1.807, 2.05) is 24.3 Å². The average Bonchev–Trinajstić information content (AvgIpc) is 2.82. The summed E-state index contributed by atoms with van der Waals surface area (Å²) in [4.78, 5) is 37.3. The number of rotatable bonds is 5. The molecule has 1 saturated heterocycles. The van der Waals surface area contributed by atoms with Crippen LogP contribution in [-0.2, 0) is 14.4 Å². The molecule has 144 valence electrons. The average molecular weight is 368 g/mol. The van der Waals surface area contributed by atoms with Crippen LogP contribution in [0.1, 0.15) is 63.4 Å². The van der Waals surface area contributed by atoms with Crippen LogP contribution in [0.2, 0.25) is 0 Å². The molecule has 0 aromatic heterocycles. The van der Waals surface area contributed by atoms with Crippen LogP contribution >= 0.6 is 0 Å². The minimum atomic E-state index is -1.31. The van der Waals surface area contributed by atoms with Crippen LogP contribution in [-0.4, -0.2) is 23.1 Å². The number of hydrogen-bond acceptors (Lipinski definition) is 3. The lowest BCUT2D eigenvalue weighted by molar-refractivity contribution is -0.135. The molecule has 5 heteroatoms. The van der Waals surface area contributed by atoms with Crippen LogP contribution in [0, 0.1) is 5.92 Å². The highest BCUT2D eigenvalue weighted by molar-refractivity contribution is 6.27. The summed E-state index contributed by atoms with van der Waals surface area (Å²) < 4.78 is 0. The normalized spacial score (nSPS) is 26.3. The van der Waals surface area contributed by atoms with Crippen LogP contribution in [0.5, 0.6) is 0 Å². The maximum Gasteiger partial charge on any atom is 0.244 e. The van der Waals surface area contributed by atoms with Crippen molar-refractivity contribution in [2.75, 3.05) is 5.32 Å². The highest BCUT2D eigenvalue weighted by Gasteiger charge is 2.52. The van der Waals surface area contributed by atoms with Crippen molar-refractivity contribution in [3.05, 3.63) is 42.5 Å². The van der Waals surface area contributed by atoms with Gasteiger partial charge in [0.2, 0.25) is 11.8 Å². The predicted molar refractivity (Wildman–Crippen MR) is 105 cm³/mol. The lowest BCUT2D eigenvalue weighted by Gasteiger charge is -2.20. The molecule has 2 aliphatic rings. The molecule has 5 nitrogen and oxygen atoms in total.